The number of methoxy groups -OCH3 is 1. The molecule has 0 saturated carbocycles. The molecular formula is C7H14O4. The lowest BCUT2D eigenvalue weighted by Crippen LogP contribution is -2.39. The molecule has 0 heterocycles. The average Bonchev–Trinajstić information content (AvgIpc) is 1.88. The molecule has 0 radical (unpaired) electrons. The number of hydrogen-bond acceptors (Lipinski definition) is 3. The zero-order chi connectivity index (χ0) is 9.07. The lowest BCUT2D eigenvalue weighted by Gasteiger charge is -2.24. The van der Waals surface area contributed by atoms with Gasteiger partial charge in [-0.15, -0.1) is 0 Å². The van der Waals surface area contributed by atoms with Gasteiger partial charge in [-0.3, -0.25) is 4.79 Å². The predicted molar refractivity (Wildman–Crippen MR) is 39.3 cm³/mol. The van der Waals surface area contributed by atoms with Crippen LogP contribution in [-0.2, 0) is 9.53 Å². The summed E-state index contributed by atoms with van der Waals surface area (Å²) in [5.74, 6) is -1.03. The van der Waals surface area contributed by atoms with E-state index in [1.165, 1.54) is 21.0 Å². The SMILES string of the molecule is COCC(O)C(C)(C)C(=O)O. The van der Waals surface area contributed by atoms with Gasteiger partial charge in [0.2, 0.25) is 0 Å². The first kappa shape index (κ1) is 10.4. The van der Waals surface area contributed by atoms with E-state index in [0.717, 1.165) is 0 Å². The maximum absolute atomic E-state index is 10.5. The van der Waals surface area contributed by atoms with Gasteiger partial charge in [-0.1, -0.05) is 0 Å². The Morgan fingerprint density at radius 3 is 2.36 bits per heavy atom. The van der Waals surface area contributed by atoms with Crippen LogP contribution >= 0.6 is 0 Å². The van der Waals surface area contributed by atoms with Crippen molar-refractivity contribution in [2.45, 2.75) is 20.0 Å². The molecule has 0 saturated heterocycles. The molecule has 4 heteroatoms. The van der Waals surface area contributed by atoms with Crippen LogP contribution in [0.4, 0.5) is 0 Å². The summed E-state index contributed by atoms with van der Waals surface area (Å²) in [5, 5.41) is 17.9. The Labute approximate surface area is 65.8 Å². The highest BCUT2D eigenvalue weighted by Gasteiger charge is 2.35. The molecule has 2 N–H and O–H groups in total. The molecule has 0 aromatic carbocycles. The Bertz CT molecular complexity index is 141. The minimum Gasteiger partial charge on any atom is -0.481 e. The second kappa shape index (κ2) is 3.69. The summed E-state index contributed by atoms with van der Waals surface area (Å²) in [6.45, 7) is 2.96. The minimum absolute atomic E-state index is 0.0410. The lowest BCUT2D eigenvalue weighted by molar-refractivity contribution is -0.155. The van der Waals surface area contributed by atoms with Crippen LogP contribution in [0.2, 0.25) is 0 Å². The molecule has 0 aliphatic carbocycles. The van der Waals surface area contributed by atoms with Gasteiger partial charge in [-0.25, -0.2) is 0 Å². The van der Waals surface area contributed by atoms with Crippen LogP contribution in [0.1, 0.15) is 13.8 Å². The molecule has 4 nitrogen and oxygen atoms in total. The second-order valence-electron chi connectivity index (χ2n) is 3.00. The molecule has 1 unspecified atom stereocenters. The van der Waals surface area contributed by atoms with Crippen LogP contribution in [0.25, 0.3) is 0 Å². The van der Waals surface area contributed by atoms with Crippen molar-refractivity contribution in [3.63, 3.8) is 0 Å². The number of ether oxygens (including phenoxy) is 1. The first-order valence-electron chi connectivity index (χ1n) is 3.33. The Morgan fingerprint density at radius 2 is 2.09 bits per heavy atom. The van der Waals surface area contributed by atoms with Gasteiger partial charge in [0.05, 0.1) is 18.1 Å². The van der Waals surface area contributed by atoms with Crippen LogP contribution in [0.15, 0.2) is 0 Å². The normalized spacial score (nSPS) is 14.5. The maximum Gasteiger partial charge on any atom is 0.311 e. The van der Waals surface area contributed by atoms with E-state index in [0.29, 0.717) is 0 Å². The van der Waals surface area contributed by atoms with E-state index in [1.54, 1.807) is 0 Å². The zero-order valence-electron chi connectivity index (χ0n) is 7.00. The number of aliphatic hydroxyl groups excluding tert-OH is 1. The Kier molecular flexibility index (Phi) is 3.48. The fourth-order valence-corrected chi connectivity index (χ4v) is 0.509. The monoisotopic (exact) mass is 162 g/mol. The summed E-state index contributed by atoms with van der Waals surface area (Å²) >= 11 is 0. The van der Waals surface area contributed by atoms with Crippen LogP contribution in [0.3, 0.4) is 0 Å². The van der Waals surface area contributed by atoms with Gasteiger partial charge in [0, 0.05) is 7.11 Å². The summed E-state index contributed by atoms with van der Waals surface area (Å²) in [6.07, 6.45) is -0.968. The van der Waals surface area contributed by atoms with E-state index in [4.69, 9.17) is 5.11 Å². The van der Waals surface area contributed by atoms with Crippen molar-refractivity contribution in [1.82, 2.24) is 0 Å². The smallest absolute Gasteiger partial charge is 0.311 e. The predicted octanol–water partition coefficient (Wildman–Crippen LogP) is 0.105. The quantitative estimate of drug-likeness (QED) is 0.615. The average molecular weight is 162 g/mol. The molecule has 0 aliphatic heterocycles. The minimum atomic E-state index is -1.14. The fourth-order valence-electron chi connectivity index (χ4n) is 0.509. The Balaban J connectivity index is 4.17. The third kappa shape index (κ3) is 2.48. The number of carboxylic acids is 1. The number of carboxylic acid groups (broad SMARTS) is 1. The summed E-state index contributed by atoms with van der Waals surface area (Å²) in [6, 6.07) is 0. The van der Waals surface area contributed by atoms with Crippen molar-refractivity contribution < 1.29 is 19.7 Å². The van der Waals surface area contributed by atoms with Gasteiger partial charge in [0.15, 0.2) is 0 Å². The van der Waals surface area contributed by atoms with Crippen molar-refractivity contribution in [2.75, 3.05) is 13.7 Å². The van der Waals surface area contributed by atoms with Crippen LogP contribution in [0.5, 0.6) is 0 Å². The van der Waals surface area contributed by atoms with Crippen LogP contribution in [0, 0.1) is 5.41 Å². The van der Waals surface area contributed by atoms with Gasteiger partial charge in [-0.2, -0.15) is 0 Å². The van der Waals surface area contributed by atoms with E-state index in [9.17, 15) is 9.90 Å². The largest absolute Gasteiger partial charge is 0.481 e. The van der Waals surface area contributed by atoms with Gasteiger partial charge in [0.25, 0.3) is 0 Å². The van der Waals surface area contributed by atoms with Crippen LogP contribution in [-0.4, -0.2) is 36.0 Å². The highest BCUT2D eigenvalue weighted by molar-refractivity contribution is 5.74. The third-order valence-corrected chi connectivity index (χ3v) is 1.71. The number of hydrogen-bond donors (Lipinski definition) is 2. The van der Waals surface area contributed by atoms with E-state index in [-0.39, 0.29) is 6.61 Å². The Hall–Kier alpha value is -0.610. The van der Waals surface area contributed by atoms with E-state index >= 15 is 0 Å². The Morgan fingerprint density at radius 1 is 1.64 bits per heavy atom. The number of aliphatic hydroxyl groups is 1. The standard InChI is InChI=1S/C7H14O4/c1-7(2,6(9)10)5(8)4-11-3/h5,8H,4H2,1-3H3,(H,9,10). The summed E-state index contributed by atoms with van der Waals surface area (Å²) in [7, 11) is 1.42. The molecule has 1 atom stereocenters. The highest BCUT2D eigenvalue weighted by atomic mass is 16.5. The molecule has 0 fully saturated rings. The van der Waals surface area contributed by atoms with Gasteiger partial charge in [0.1, 0.15) is 0 Å². The second-order valence-corrected chi connectivity index (χ2v) is 3.00. The molecule has 0 amide bonds. The van der Waals surface area contributed by atoms with Crippen molar-refractivity contribution in [2.24, 2.45) is 5.41 Å². The molecule has 66 valence electrons. The summed E-state index contributed by atoms with van der Waals surface area (Å²) < 4.78 is 4.63. The van der Waals surface area contributed by atoms with Crippen molar-refractivity contribution in [3.05, 3.63) is 0 Å². The number of rotatable bonds is 4. The molecule has 0 bridgehead atoms. The first-order chi connectivity index (χ1) is 4.92. The zero-order valence-corrected chi connectivity index (χ0v) is 7.00. The van der Waals surface area contributed by atoms with Gasteiger partial charge < -0.3 is 14.9 Å². The van der Waals surface area contributed by atoms with E-state index in [2.05, 4.69) is 4.74 Å². The molecule has 0 aliphatic rings. The maximum atomic E-state index is 10.5. The molecule has 0 aromatic rings. The highest BCUT2D eigenvalue weighted by Crippen LogP contribution is 2.20. The lowest BCUT2D eigenvalue weighted by atomic mass is 9.87. The molecule has 11 heavy (non-hydrogen) atoms. The summed E-state index contributed by atoms with van der Waals surface area (Å²) in [4.78, 5) is 10.5. The summed E-state index contributed by atoms with van der Waals surface area (Å²) in [5.41, 5.74) is -1.14. The van der Waals surface area contributed by atoms with Crippen molar-refractivity contribution in [1.29, 1.82) is 0 Å². The molecule has 0 aromatic heterocycles. The fraction of sp³-hybridized carbons (Fsp3) is 0.857. The van der Waals surface area contributed by atoms with Gasteiger partial charge >= 0.3 is 5.97 Å². The molecular weight excluding hydrogens is 148 g/mol. The van der Waals surface area contributed by atoms with Crippen molar-refractivity contribution >= 4 is 5.97 Å². The van der Waals surface area contributed by atoms with Crippen LogP contribution < -0.4 is 0 Å². The van der Waals surface area contributed by atoms with Crippen molar-refractivity contribution in [3.8, 4) is 0 Å². The van der Waals surface area contributed by atoms with E-state index in [1.807, 2.05) is 0 Å². The molecule has 0 rings (SSSR count). The number of aliphatic carboxylic acids is 1. The van der Waals surface area contributed by atoms with Gasteiger partial charge in [-0.05, 0) is 13.8 Å². The number of carbonyl (C=O) groups is 1. The van der Waals surface area contributed by atoms with E-state index < -0.39 is 17.5 Å². The molecule has 0 spiro atoms. The topological polar surface area (TPSA) is 66.8 Å². The first-order valence-corrected chi connectivity index (χ1v) is 3.33. The third-order valence-electron chi connectivity index (χ3n) is 1.71.